The molecule has 25 heavy (non-hydrogen) atoms. The molecule has 2 aromatic rings. The second-order valence-corrected chi connectivity index (χ2v) is 7.62. The molecular weight excluding hydrogens is 337 g/mol. The molecule has 134 valence electrons. The van der Waals surface area contributed by atoms with Crippen LogP contribution >= 0.6 is 11.8 Å². The fourth-order valence-corrected chi connectivity index (χ4v) is 4.04. The number of hydrogen-bond donors (Lipinski definition) is 0. The predicted octanol–water partition coefficient (Wildman–Crippen LogP) is 3.58. The zero-order chi connectivity index (χ0) is 17.5. The van der Waals surface area contributed by atoms with Crippen molar-refractivity contribution in [2.75, 3.05) is 18.8 Å². The Labute approximate surface area is 152 Å². The lowest BCUT2D eigenvalue weighted by molar-refractivity contribution is -0.132. The molecule has 0 spiro atoms. The van der Waals surface area contributed by atoms with Gasteiger partial charge in [-0.05, 0) is 36.5 Å². The number of carbonyl (C=O) groups excluding carboxylic acids is 1. The largest absolute Gasteiger partial charge is 0.343 e. The van der Waals surface area contributed by atoms with Crippen molar-refractivity contribution in [3.05, 3.63) is 54.4 Å². The van der Waals surface area contributed by atoms with Crippen molar-refractivity contribution in [3.63, 3.8) is 0 Å². The van der Waals surface area contributed by atoms with E-state index in [2.05, 4.69) is 9.55 Å². The minimum absolute atomic E-state index is 0.208. The maximum Gasteiger partial charge on any atom is 0.223 e. The van der Waals surface area contributed by atoms with Crippen LogP contribution in [0.15, 0.2) is 43.0 Å². The molecule has 6 heteroatoms. The standard InChI is InChI=1S/C19H24FN3OS/c20-18-3-1-17(2-4-18)14-25-12-7-19(24)23-9-5-16(6-10-23)13-22-11-8-21-15-22/h1-4,8,11,15-16H,5-7,9-10,12-14H2. The van der Waals surface area contributed by atoms with Crippen molar-refractivity contribution in [2.45, 2.75) is 31.6 Å². The van der Waals surface area contributed by atoms with Crippen molar-refractivity contribution in [1.82, 2.24) is 14.5 Å². The molecule has 2 heterocycles. The number of rotatable bonds is 7. The van der Waals surface area contributed by atoms with Crippen LogP contribution in [0, 0.1) is 11.7 Å². The van der Waals surface area contributed by atoms with Gasteiger partial charge in [0.2, 0.25) is 5.91 Å². The van der Waals surface area contributed by atoms with Crippen molar-refractivity contribution < 1.29 is 9.18 Å². The second kappa shape index (κ2) is 9.04. The Morgan fingerprint density at radius 2 is 2.00 bits per heavy atom. The number of amides is 1. The van der Waals surface area contributed by atoms with Gasteiger partial charge in [-0.3, -0.25) is 4.79 Å². The van der Waals surface area contributed by atoms with Crippen molar-refractivity contribution >= 4 is 17.7 Å². The smallest absolute Gasteiger partial charge is 0.223 e. The summed E-state index contributed by atoms with van der Waals surface area (Å²) in [5.74, 6) is 2.31. The topological polar surface area (TPSA) is 38.1 Å². The summed E-state index contributed by atoms with van der Waals surface area (Å²) >= 11 is 1.73. The van der Waals surface area contributed by atoms with Crippen LogP contribution < -0.4 is 0 Å². The Hall–Kier alpha value is -1.82. The summed E-state index contributed by atoms with van der Waals surface area (Å²) in [7, 11) is 0. The summed E-state index contributed by atoms with van der Waals surface area (Å²) in [6.45, 7) is 2.72. The highest BCUT2D eigenvalue weighted by Crippen LogP contribution is 2.20. The van der Waals surface area contributed by atoms with E-state index in [9.17, 15) is 9.18 Å². The first kappa shape index (κ1) is 18.0. The van der Waals surface area contributed by atoms with Gasteiger partial charge >= 0.3 is 0 Å². The highest BCUT2D eigenvalue weighted by molar-refractivity contribution is 7.98. The lowest BCUT2D eigenvalue weighted by atomic mass is 9.96. The molecular formula is C19H24FN3OS. The highest BCUT2D eigenvalue weighted by Gasteiger charge is 2.22. The molecule has 1 aromatic heterocycles. The first-order valence-electron chi connectivity index (χ1n) is 8.76. The Morgan fingerprint density at radius 1 is 1.24 bits per heavy atom. The van der Waals surface area contributed by atoms with Gasteiger partial charge in [-0.25, -0.2) is 9.37 Å². The number of nitrogens with zero attached hydrogens (tertiary/aromatic N) is 3. The predicted molar refractivity (Wildman–Crippen MR) is 98.7 cm³/mol. The number of likely N-dealkylation sites (tertiary alicyclic amines) is 1. The molecule has 1 aliphatic rings. The van der Waals surface area contributed by atoms with Crippen LogP contribution in [0.3, 0.4) is 0 Å². The van der Waals surface area contributed by atoms with Gasteiger partial charge in [0.05, 0.1) is 6.33 Å². The molecule has 1 aliphatic heterocycles. The summed E-state index contributed by atoms with van der Waals surface area (Å²) in [5.41, 5.74) is 1.10. The van der Waals surface area contributed by atoms with Crippen LogP contribution in [0.2, 0.25) is 0 Å². The average Bonchev–Trinajstić information content (AvgIpc) is 3.14. The Balaban J connectivity index is 1.32. The summed E-state index contributed by atoms with van der Waals surface area (Å²) < 4.78 is 15.0. The molecule has 1 aromatic carbocycles. The van der Waals surface area contributed by atoms with Crippen LogP contribution in [-0.4, -0.2) is 39.2 Å². The summed E-state index contributed by atoms with van der Waals surface area (Å²) in [6.07, 6.45) is 8.37. The van der Waals surface area contributed by atoms with E-state index in [0.29, 0.717) is 12.3 Å². The van der Waals surface area contributed by atoms with Crippen LogP contribution in [0.4, 0.5) is 4.39 Å². The van der Waals surface area contributed by atoms with Crippen molar-refractivity contribution in [1.29, 1.82) is 0 Å². The van der Waals surface area contributed by atoms with Gasteiger partial charge in [-0.1, -0.05) is 12.1 Å². The zero-order valence-corrected chi connectivity index (χ0v) is 15.1. The first-order valence-corrected chi connectivity index (χ1v) is 9.92. The minimum Gasteiger partial charge on any atom is -0.343 e. The zero-order valence-electron chi connectivity index (χ0n) is 14.3. The number of piperidine rings is 1. The van der Waals surface area contributed by atoms with Crippen LogP contribution in [-0.2, 0) is 17.1 Å². The van der Waals surface area contributed by atoms with Crippen LogP contribution in [0.5, 0.6) is 0 Å². The monoisotopic (exact) mass is 361 g/mol. The Morgan fingerprint density at radius 3 is 2.68 bits per heavy atom. The van der Waals surface area contributed by atoms with E-state index in [1.807, 2.05) is 23.6 Å². The van der Waals surface area contributed by atoms with E-state index in [0.717, 1.165) is 49.5 Å². The molecule has 0 N–H and O–H groups in total. The summed E-state index contributed by atoms with van der Waals surface area (Å²) in [5, 5.41) is 0. The normalized spacial score (nSPS) is 15.5. The van der Waals surface area contributed by atoms with Gasteiger partial charge < -0.3 is 9.47 Å². The van der Waals surface area contributed by atoms with E-state index in [1.165, 1.54) is 12.1 Å². The number of halogens is 1. The molecule has 1 amide bonds. The lowest BCUT2D eigenvalue weighted by Crippen LogP contribution is -2.39. The number of benzene rings is 1. The number of imidazole rings is 1. The molecule has 1 fully saturated rings. The fourth-order valence-electron chi connectivity index (χ4n) is 3.15. The fraction of sp³-hybridized carbons (Fsp3) is 0.474. The third-order valence-electron chi connectivity index (χ3n) is 4.64. The van der Waals surface area contributed by atoms with E-state index in [-0.39, 0.29) is 11.7 Å². The molecule has 0 atom stereocenters. The number of aromatic nitrogens is 2. The molecule has 1 saturated heterocycles. The second-order valence-electron chi connectivity index (χ2n) is 6.51. The maximum absolute atomic E-state index is 12.9. The van der Waals surface area contributed by atoms with Gasteiger partial charge in [-0.15, -0.1) is 0 Å². The lowest BCUT2D eigenvalue weighted by Gasteiger charge is -2.32. The third-order valence-corrected chi connectivity index (χ3v) is 5.67. The molecule has 4 nitrogen and oxygen atoms in total. The molecule has 3 rings (SSSR count). The third kappa shape index (κ3) is 5.59. The minimum atomic E-state index is -0.208. The van der Waals surface area contributed by atoms with E-state index < -0.39 is 0 Å². The van der Waals surface area contributed by atoms with Gasteiger partial charge in [-0.2, -0.15) is 11.8 Å². The maximum atomic E-state index is 12.9. The van der Waals surface area contributed by atoms with Crippen molar-refractivity contribution in [2.24, 2.45) is 5.92 Å². The van der Waals surface area contributed by atoms with E-state index >= 15 is 0 Å². The molecule has 0 saturated carbocycles. The van der Waals surface area contributed by atoms with Crippen LogP contribution in [0.1, 0.15) is 24.8 Å². The highest BCUT2D eigenvalue weighted by atomic mass is 32.2. The first-order chi connectivity index (χ1) is 12.2. The summed E-state index contributed by atoms with van der Waals surface area (Å²) in [6, 6.07) is 6.56. The number of hydrogen-bond acceptors (Lipinski definition) is 3. The Bertz CT molecular complexity index is 652. The van der Waals surface area contributed by atoms with E-state index in [4.69, 9.17) is 0 Å². The van der Waals surface area contributed by atoms with E-state index in [1.54, 1.807) is 23.9 Å². The van der Waals surface area contributed by atoms with Gasteiger partial charge in [0.1, 0.15) is 5.82 Å². The number of thioether (sulfide) groups is 1. The van der Waals surface area contributed by atoms with Crippen LogP contribution in [0.25, 0.3) is 0 Å². The van der Waals surface area contributed by atoms with Crippen molar-refractivity contribution in [3.8, 4) is 0 Å². The molecule has 0 bridgehead atoms. The summed E-state index contributed by atoms with van der Waals surface area (Å²) in [4.78, 5) is 18.4. The molecule has 0 radical (unpaired) electrons. The van der Waals surface area contributed by atoms with Gasteiger partial charge in [0.25, 0.3) is 0 Å². The molecule has 0 aliphatic carbocycles. The average molecular weight is 361 g/mol. The number of carbonyl (C=O) groups is 1. The quantitative estimate of drug-likeness (QED) is 0.708. The molecule has 0 unspecified atom stereocenters. The SMILES string of the molecule is O=C(CCSCc1ccc(F)cc1)N1CCC(Cn2ccnc2)CC1. The van der Waals surface area contributed by atoms with Gasteiger partial charge in [0.15, 0.2) is 0 Å². The Kier molecular flexibility index (Phi) is 6.50. The van der Waals surface area contributed by atoms with Gasteiger partial charge in [0, 0.05) is 50.0 Å².